The Bertz CT molecular complexity index is 399. The van der Waals surface area contributed by atoms with Gasteiger partial charge in [-0.2, -0.15) is 0 Å². The predicted molar refractivity (Wildman–Crippen MR) is 75.4 cm³/mol. The molecule has 2 aliphatic heterocycles. The summed E-state index contributed by atoms with van der Waals surface area (Å²) in [5.41, 5.74) is 1.92. The average molecular weight is 244 g/mol. The van der Waals surface area contributed by atoms with E-state index in [1.54, 1.807) is 0 Å². The molecule has 0 bridgehead atoms. The predicted octanol–water partition coefficient (Wildman–Crippen LogP) is 2.65. The fourth-order valence-electron chi connectivity index (χ4n) is 4.03. The summed E-state index contributed by atoms with van der Waals surface area (Å²) in [6.45, 7) is 8.35. The van der Waals surface area contributed by atoms with E-state index in [1.807, 2.05) is 0 Å². The third kappa shape index (κ3) is 2.08. The second-order valence-electron chi connectivity index (χ2n) is 6.33. The molecule has 98 valence electrons. The summed E-state index contributed by atoms with van der Waals surface area (Å²) in [7, 11) is 0. The van der Waals surface area contributed by atoms with Crippen LogP contribution in [-0.2, 0) is 6.54 Å². The van der Waals surface area contributed by atoms with Gasteiger partial charge in [-0.1, -0.05) is 37.3 Å². The minimum Gasteiger partial charge on any atom is -0.312 e. The molecule has 0 aliphatic carbocycles. The van der Waals surface area contributed by atoms with Crippen LogP contribution in [0.15, 0.2) is 30.3 Å². The van der Waals surface area contributed by atoms with E-state index in [9.17, 15) is 0 Å². The maximum atomic E-state index is 3.68. The molecule has 2 heterocycles. The Morgan fingerprint density at radius 2 is 2.11 bits per heavy atom. The molecule has 3 rings (SSSR count). The van der Waals surface area contributed by atoms with E-state index in [0.717, 1.165) is 6.54 Å². The Kier molecular flexibility index (Phi) is 3.16. The minimum absolute atomic E-state index is 0.479. The topological polar surface area (TPSA) is 15.3 Å². The van der Waals surface area contributed by atoms with Gasteiger partial charge >= 0.3 is 0 Å². The second kappa shape index (κ2) is 4.67. The van der Waals surface area contributed by atoms with Crippen molar-refractivity contribution in [2.75, 3.05) is 13.1 Å². The number of rotatable bonds is 2. The first-order valence-electron chi connectivity index (χ1n) is 7.20. The molecule has 2 aliphatic rings. The monoisotopic (exact) mass is 244 g/mol. The van der Waals surface area contributed by atoms with E-state index in [2.05, 4.69) is 54.4 Å². The summed E-state index contributed by atoms with van der Waals surface area (Å²) in [5, 5.41) is 3.68. The van der Waals surface area contributed by atoms with E-state index >= 15 is 0 Å². The van der Waals surface area contributed by atoms with Crippen LogP contribution in [0.3, 0.4) is 0 Å². The number of piperidine rings is 1. The fourth-order valence-corrected chi connectivity index (χ4v) is 4.03. The number of fused-ring (bicyclic) bond motifs is 1. The van der Waals surface area contributed by atoms with Gasteiger partial charge in [-0.3, -0.25) is 4.90 Å². The number of likely N-dealkylation sites (tertiary alicyclic amines) is 1. The summed E-state index contributed by atoms with van der Waals surface area (Å²) >= 11 is 0. The summed E-state index contributed by atoms with van der Waals surface area (Å²) in [5.74, 6) is 0. The summed E-state index contributed by atoms with van der Waals surface area (Å²) in [6.07, 6.45) is 2.72. The minimum atomic E-state index is 0.479. The van der Waals surface area contributed by atoms with Crippen molar-refractivity contribution in [2.24, 2.45) is 5.41 Å². The summed E-state index contributed by atoms with van der Waals surface area (Å²) < 4.78 is 0. The van der Waals surface area contributed by atoms with Gasteiger partial charge < -0.3 is 5.32 Å². The second-order valence-corrected chi connectivity index (χ2v) is 6.33. The SMILES string of the molecule is C[C@@H]1NCC2(C)CCCN(Cc3ccccc3)C12. The van der Waals surface area contributed by atoms with E-state index in [-0.39, 0.29) is 0 Å². The molecule has 1 aromatic rings. The molecule has 1 aromatic carbocycles. The van der Waals surface area contributed by atoms with Gasteiger partial charge in [-0.25, -0.2) is 0 Å². The van der Waals surface area contributed by atoms with Crippen LogP contribution in [0.5, 0.6) is 0 Å². The lowest BCUT2D eigenvalue weighted by Crippen LogP contribution is -2.52. The fraction of sp³-hybridized carbons (Fsp3) is 0.625. The summed E-state index contributed by atoms with van der Waals surface area (Å²) in [6, 6.07) is 12.2. The van der Waals surface area contributed by atoms with E-state index < -0.39 is 0 Å². The van der Waals surface area contributed by atoms with Crippen molar-refractivity contribution in [1.29, 1.82) is 0 Å². The molecule has 2 saturated heterocycles. The van der Waals surface area contributed by atoms with Crippen molar-refractivity contribution in [3.05, 3.63) is 35.9 Å². The smallest absolute Gasteiger partial charge is 0.0316 e. The maximum absolute atomic E-state index is 3.68. The van der Waals surface area contributed by atoms with Gasteiger partial charge in [0, 0.05) is 25.2 Å². The van der Waals surface area contributed by atoms with Crippen LogP contribution in [0.1, 0.15) is 32.3 Å². The molecule has 0 amide bonds. The molecule has 2 fully saturated rings. The highest BCUT2D eigenvalue weighted by molar-refractivity contribution is 5.16. The van der Waals surface area contributed by atoms with Crippen LogP contribution in [0.2, 0.25) is 0 Å². The molecule has 0 radical (unpaired) electrons. The molecule has 2 unspecified atom stereocenters. The molecule has 2 heteroatoms. The highest BCUT2D eigenvalue weighted by atomic mass is 15.2. The quantitative estimate of drug-likeness (QED) is 0.860. The Morgan fingerprint density at radius 1 is 1.33 bits per heavy atom. The zero-order valence-electron chi connectivity index (χ0n) is 11.5. The molecular formula is C16H24N2. The first-order chi connectivity index (χ1) is 8.69. The standard InChI is InChI=1S/C16H24N2/c1-13-15-16(2,12-17-13)9-6-10-18(15)11-14-7-4-3-5-8-14/h3-5,7-8,13,15,17H,6,9-12H2,1-2H3/t13-,15?,16?/m0/s1. The summed E-state index contributed by atoms with van der Waals surface area (Å²) in [4.78, 5) is 2.70. The van der Waals surface area contributed by atoms with Crippen LogP contribution < -0.4 is 5.32 Å². The van der Waals surface area contributed by atoms with E-state index in [1.165, 1.54) is 31.5 Å². The van der Waals surface area contributed by atoms with Crippen molar-refractivity contribution < 1.29 is 0 Å². The third-order valence-electron chi connectivity index (χ3n) is 4.83. The van der Waals surface area contributed by atoms with Crippen LogP contribution in [0.25, 0.3) is 0 Å². The lowest BCUT2D eigenvalue weighted by atomic mass is 9.75. The van der Waals surface area contributed by atoms with Gasteiger partial charge in [0.15, 0.2) is 0 Å². The first kappa shape index (κ1) is 12.2. The molecule has 0 saturated carbocycles. The van der Waals surface area contributed by atoms with Crippen LogP contribution in [-0.4, -0.2) is 30.1 Å². The number of hydrogen-bond acceptors (Lipinski definition) is 2. The van der Waals surface area contributed by atoms with E-state index in [0.29, 0.717) is 17.5 Å². The number of nitrogens with zero attached hydrogens (tertiary/aromatic N) is 1. The van der Waals surface area contributed by atoms with Crippen LogP contribution in [0.4, 0.5) is 0 Å². The molecular weight excluding hydrogens is 220 g/mol. The molecule has 0 aromatic heterocycles. The van der Waals surface area contributed by atoms with Gasteiger partial charge in [0.2, 0.25) is 0 Å². The lowest BCUT2D eigenvalue weighted by Gasteiger charge is -2.45. The van der Waals surface area contributed by atoms with Gasteiger partial charge in [0.25, 0.3) is 0 Å². The van der Waals surface area contributed by atoms with Crippen LogP contribution >= 0.6 is 0 Å². The molecule has 18 heavy (non-hydrogen) atoms. The average Bonchev–Trinajstić information content (AvgIpc) is 2.68. The van der Waals surface area contributed by atoms with Crippen molar-refractivity contribution >= 4 is 0 Å². The number of hydrogen-bond donors (Lipinski definition) is 1. The Balaban J connectivity index is 1.79. The third-order valence-corrected chi connectivity index (χ3v) is 4.83. The molecule has 3 atom stereocenters. The van der Waals surface area contributed by atoms with Crippen molar-refractivity contribution in [1.82, 2.24) is 10.2 Å². The largest absolute Gasteiger partial charge is 0.312 e. The molecule has 0 spiro atoms. The Morgan fingerprint density at radius 3 is 2.89 bits per heavy atom. The number of benzene rings is 1. The van der Waals surface area contributed by atoms with Crippen LogP contribution in [0, 0.1) is 5.41 Å². The lowest BCUT2D eigenvalue weighted by molar-refractivity contribution is 0.0440. The van der Waals surface area contributed by atoms with E-state index in [4.69, 9.17) is 0 Å². The van der Waals surface area contributed by atoms with Gasteiger partial charge in [0.05, 0.1) is 0 Å². The normalized spacial score (nSPS) is 36.6. The van der Waals surface area contributed by atoms with Crippen molar-refractivity contribution in [3.63, 3.8) is 0 Å². The highest BCUT2D eigenvalue weighted by Crippen LogP contribution is 2.41. The van der Waals surface area contributed by atoms with Gasteiger partial charge in [0.1, 0.15) is 0 Å². The Hall–Kier alpha value is -0.860. The first-order valence-corrected chi connectivity index (χ1v) is 7.20. The zero-order valence-corrected chi connectivity index (χ0v) is 11.5. The van der Waals surface area contributed by atoms with Crippen molar-refractivity contribution in [3.8, 4) is 0 Å². The zero-order chi connectivity index (χ0) is 12.6. The Labute approximate surface area is 110 Å². The van der Waals surface area contributed by atoms with Gasteiger partial charge in [-0.05, 0) is 37.3 Å². The van der Waals surface area contributed by atoms with Gasteiger partial charge in [-0.15, -0.1) is 0 Å². The van der Waals surface area contributed by atoms with Crippen molar-refractivity contribution in [2.45, 2.75) is 45.3 Å². The molecule has 1 N–H and O–H groups in total. The molecule has 2 nitrogen and oxygen atoms in total. The highest BCUT2D eigenvalue weighted by Gasteiger charge is 2.47. The number of nitrogens with one attached hydrogen (secondary N) is 1. The maximum Gasteiger partial charge on any atom is 0.0316 e.